The van der Waals surface area contributed by atoms with E-state index in [1.165, 1.54) is 23.6 Å². The highest BCUT2D eigenvalue weighted by molar-refractivity contribution is 6.31. The molecule has 0 radical (unpaired) electrons. The zero-order valence-electron chi connectivity index (χ0n) is 13.6. The molecule has 1 aliphatic carbocycles. The van der Waals surface area contributed by atoms with E-state index in [1.807, 2.05) is 24.3 Å². The van der Waals surface area contributed by atoms with Gasteiger partial charge in [0.25, 0.3) is 0 Å². The number of halogens is 1. The Balaban J connectivity index is 2.16. The molecule has 1 amide bonds. The molecule has 0 spiro atoms. The van der Waals surface area contributed by atoms with Crippen molar-refractivity contribution in [1.82, 2.24) is 0 Å². The molecule has 2 aromatic carbocycles. The zero-order chi connectivity index (χ0) is 16.6. The lowest BCUT2D eigenvalue weighted by atomic mass is 9.62. The molecule has 118 valence electrons. The molecular formula is C20H20ClNO. The van der Waals surface area contributed by atoms with Crippen molar-refractivity contribution >= 4 is 34.3 Å². The van der Waals surface area contributed by atoms with Crippen molar-refractivity contribution in [2.24, 2.45) is 5.41 Å². The Morgan fingerprint density at radius 3 is 2.43 bits per heavy atom. The Morgan fingerprint density at radius 1 is 1.13 bits per heavy atom. The minimum absolute atomic E-state index is 0.0889. The molecule has 2 nitrogen and oxygen atoms in total. The average Bonchev–Trinajstić information content (AvgIpc) is 2.46. The number of amides is 1. The van der Waals surface area contributed by atoms with Gasteiger partial charge >= 0.3 is 0 Å². The fourth-order valence-electron chi connectivity index (χ4n) is 3.39. The van der Waals surface area contributed by atoms with Crippen LogP contribution in [0.15, 0.2) is 48.5 Å². The van der Waals surface area contributed by atoms with Crippen LogP contribution in [0.5, 0.6) is 0 Å². The summed E-state index contributed by atoms with van der Waals surface area (Å²) in [6.07, 6.45) is 0.978. The lowest BCUT2D eigenvalue weighted by Crippen LogP contribution is -2.26. The molecule has 1 N–H and O–H groups in total. The van der Waals surface area contributed by atoms with Gasteiger partial charge in [-0.1, -0.05) is 61.8 Å². The first-order chi connectivity index (χ1) is 10.9. The summed E-state index contributed by atoms with van der Waals surface area (Å²) in [7, 11) is 0. The van der Waals surface area contributed by atoms with Gasteiger partial charge in [0.2, 0.25) is 5.91 Å². The van der Waals surface area contributed by atoms with Gasteiger partial charge in [0, 0.05) is 23.2 Å². The van der Waals surface area contributed by atoms with Crippen LogP contribution in [-0.4, -0.2) is 5.91 Å². The van der Waals surface area contributed by atoms with E-state index in [0.29, 0.717) is 5.02 Å². The third-order valence-electron chi connectivity index (χ3n) is 4.28. The molecule has 0 saturated carbocycles. The number of hydrogen-bond acceptors (Lipinski definition) is 1. The predicted octanol–water partition coefficient (Wildman–Crippen LogP) is 5.64. The normalized spacial score (nSPS) is 16.0. The number of hydrogen-bond donors (Lipinski definition) is 1. The second-order valence-electron chi connectivity index (χ2n) is 6.65. The van der Waals surface area contributed by atoms with Crippen LogP contribution in [-0.2, 0) is 4.79 Å². The molecule has 1 aliphatic rings. The average molecular weight is 326 g/mol. The largest absolute Gasteiger partial charge is 0.326 e. The minimum Gasteiger partial charge on any atom is -0.326 e. The molecule has 0 aromatic heterocycles. The lowest BCUT2D eigenvalue weighted by molar-refractivity contribution is -0.114. The van der Waals surface area contributed by atoms with Crippen molar-refractivity contribution in [2.75, 3.05) is 5.32 Å². The third-order valence-corrected chi connectivity index (χ3v) is 4.51. The topological polar surface area (TPSA) is 29.1 Å². The Morgan fingerprint density at radius 2 is 1.83 bits per heavy atom. The lowest BCUT2D eigenvalue weighted by Gasteiger charge is -2.42. The van der Waals surface area contributed by atoms with Gasteiger partial charge in [0.15, 0.2) is 0 Å². The minimum atomic E-state index is -0.0889. The molecule has 0 atom stereocenters. The van der Waals surface area contributed by atoms with Crippen LogP contribution >= 0.6 is 11.6 Å². The summed E-state index contributed by atoms with van der Waals surface area (Å²) < 4.78 is 0. The van der Waals surface area contributed by atoms with Gasteiger partial charge in [-0.3, -0.25) is 4.79 Å². The third kappa shape index (κ3) is 3.04. The molecule has 0 heterocycles. The van der Waals surface area contributed by atoms with E-state index in [4.69, 9.17) is 11.6 Å². The van der Waals surface area contributed by atoms with Gasteiger partial charge < -0.3 is 5.32 Å². The van der Waals surface area contributed by atoms with Crippen LogP contribution in [0.4, 0.5) is 5.69 Å². The Bertz CT molecular complexity index is 791. The molecule has 2 aromatic rings. The standard InChI is InChI=1S/C20H20ClNO/c1-13(23)22-18-11-15(21)9-10-16(18)17-12-20(2,3)19(17)14-7-5-4-6-8-14/h4-11H,12H2,1-3H3,(H,22,23). The molecule has 3 heteroatoms. The predicted molar refractivity (Wildman–Crippen MR) is 97.4 cm³/mol. The number of carbonyl (C=O) groups is 1. The van der Waals surface area contributed by atoms with Crippen molar-refractivity contribution in [3.63, 3.8) is 0 Å². The quantitative estimate of drug-likeness (QED) is 0.777. The number of anilines is 1. The summed E-state index contributed by atoms with van der Waals surface area (Å²) in [5.74, 6) is -0.0889. The summed E-state index contributed by atoms with van der Waals surface area (Å²) in [5, 5.41) is 3.53. The second kappa shape index (κ2) is 5.86. The van der Waals surface area contributed by atoms with Crippen molar-refractivity contribution in [2.45, 2.75) is 27.2 Å². The Kier molecular flexibility index (Phi) is 4.03. The smallest absolute Gasteiger partial charge is 0.221 e. The van der Waals surface area contributed by atoms with E-state index in [-0.39, 0.29) is 11.3 Å². The van der Waals surface area contributed by atoms with Crippen LogP contribution < -0.4 is 5.32 Å². The maximum Gasteiger partial charge on any atom is 0.221 e. The molecule has 0 fully saturated rings. The van der Waals surface area contributed by atoms with Crippen LogP contribution in [0, 0.1) is 5.41 Å². The SMILES string of the molecule is CC(=O)Nc1cc(Cl)ccc1C1=C(c2ccccc2)C(C)(C)C1. The Labute approximate surface area is 142 Å². The fraction of sp³-hybridized carbons (Fsp3) is 0.250. The van der Waals surface area contributed by atoms with Gasteiger partial charge in [0.1, 0.15) is 0 Å². The summed E-state index contributed by atoms with van der Waals surface area (Å²) in [6, 6.07) is 16.1. The van der Waals surface area contributed by atoms with Crippen LogP contribution in [0.3, 0.4) is 0 Å². The van der Waals surface area contributed by atoms with Gasteiger partial charge in [0.05, 0.1) is 0 Å². The Hall–Kier alpha value is -2.06. The molecule has 0 saturated heterocycles. The first-order valence-electron chi connectivity index (χ1n) is 7.75. The van der Waals surface area contributed by atoms with E-state index in [0.717, 1.165) is 17.7 Å². The molecule has 0 bridgehead atoms. The highest BCUT2D eigenvalue weighted by Gasteiger charge is 2.38. The number of allylic oxidation sites excluding steroid dienone is 2. The second-order valence-corrected chi connectivity index (χ2v) is 7.09. The molecular weight excluding hydrogens is 306 g/mol. The van der Waals surface area contributed by atoms with Crippen molar-refractivity contribution < 1.29 is 4.79 Å². The van der Waals surface area contributed by atoms with E-state index in [1.54, 1.807) is 0 Å². The number of carbonyl (C=O) groups excluding carboxylic acids is 1. The molecule has 0 unspecified atom stereocenters. The number of rotatable bonds is 3. The summed E-state index contributed by atoms with van der Waals surface area (Å²) in [5.41, 5.74) is 5.83. The van der Waals surface area contributed by atoms with Gasteiger partial charge in [-0.25, -0.2) is 0 Å². The van der Waals surface area contributed by atoms with Crippen molar-refractivity contribution in [3.8, 4) is 0 Å². The highest BCUT2D eigenvalue weighted by Crippen LogP contribution is 2.56. The maximum absolute atomic E-state index is 11.5. The molecule has 3 rings (SSSR count). The van der Waals surface area contributed by atoms with Crippen molar-refractivity contribution in [1.29, 1.82) is 0 Å². The van der Waals surface area contributed by atoms with Crippen LogP contribution in [0.2, 0.25) is 5.02 Å². The maximum atomic E-state index is 11.5. The monoisotopic (exact) mass is 325 g/mol. The first-order valence-corrected chi connectivity index (χ1v) is 8.13. The number of nitrogens with one attached hydrogen (secondary N) is 1. The summed E-state index contributed by atoms with van der Waals surface area (Å²) in [4.78, 5) is 11.5. The fourth-order valence-corrected chi connectivity index (χ4v) is 3.56. The number of benzene rings is 2. The highest BCUT2D eigenvalue weighted by atomic mass is 35.5. The summed E-state index contributed by atoms with van der Waals surface area (Å²) in [6.45, 7) is 6.03. The van der Waals surface area contributed by atoms with Gasteiger partial charge in [-0.2, -0.15) is 0 Å². The van der Waals surface area contributed by atoms with Gasteiger partial charge in [-0.15, -0.1) is 0 Å². The van der Waals surface area contributed by atoms with Crippen molar-refractivity contribution in [3.05, 3.63) is 64.7 Å². The zero-order valence-corrected chi connectivity index (χ0v) is 14.4. The van der Waals surface area contributed by atoms with E-state index >= 15 is 0 Å². The molecule has 23 heavy (non-hydrogen) atoms. The van der Waals surface area contributed by atoms with E-state index in [9.17, 15) is 4.79 Å². The first kappa shape index (κ1) is 15.8. The van der Waals surface area contributed by atoms with Gasteiger partial charge in [-0.05, 0) is 40.7 Å². The summed E-state index contributed by atoms with van der Waals surface area (Å²) >= 11 is 6.11. The van der Waals surface area contributed by atoms with E-state index in [2.05, 4.69) is 43.4 Å². The van der Waals surface area contributed by atoms with Crippen LogP contribution in [0.1, 0.15) is 38.3 Å². The van der Waals surface area contributed by atoms with Crippen LogP contribution in [0.25, 0.3) is 11.1 Å². The molecule has 0 aliphatic heterocycles. The van der Waals surface area contributed by atoms with E-state index < -0.39 is 0 Å².